The van der Waals surface area contributed by atoms with Crippen molar-refractivity contribution >= 4 is 11.8 Å². The smallest absolute Gasteiger partial charge is 0.245 e. The molecule has 2 rings (SSSR count). The molecular weight excluding hydrogens is 270 g/mol. The van der Waals surface area contributed by atoms with Crippen LogP contribution in [-0.2, 0) is 14.3 Å². The first-order chi connectivity index (χ1) is 10.1. The van der Waals surface area contributed by atoms with E-state index in [0.717, 1.165) is 39.0 Å². The zero-order valence-corrected chi connectivity index (χ0v) is 13.1. The summed E-state index contributed by atoms with van der Waals surface area (Å²) in [6.45, 7) is 6.48. The van der Waals surface area contributed by atoms with E-state index in [2.05, 4.69) is 5.32 Å². The van der Waals surface area contributed by atoms with Gasteiger partial charge in [-0.25, -0.2) is 0 Å². The average molecular weight is 297 g/mol. The van der Waals surface area contributed by atoms with Crippen molar-refractivity contribution in [3.05, 3.63) is 0 Å². The molecule has 6 nitrogen and oxygen atoms in total. The Morgan fingerprint density at radius 3 is 2.67 bits per heavy atom. The molecule has 2 amide bonds. The molecule has 21 heavy (non-hydrogen) atoms. The van der Waals surface area contributed by atoms with Crippen LogP contribution in [0.15, 0.2) is 0 Å². The van der Waals surface area contributed by atoms with Crippen LogP contribution in [0.25, 0.3) is 0 Å². The van der Waals surface area contributed by atoms with Gasteiger partial charge in [-0.15, -0.1) is 0 Å². The quantitative estimate of drug-likeness (QED) is 0.781. The van der Waals surface area contributed by atoms with Crippen molar-refractivity contribution in [3.63, 3.8) is 0 Å². The Labute approximate surface area is 126 Å². The lowest BCUT2D eigenvalue weighted by Crippen LogP contribution is -2.53. The fraction of sp³-hybridized carbons (Fsp3) is 0.867. The molecule has 2 heterocycles. The van der Waals surface area contributed by atoms with Gasteiger partial charge in [-0.1, -0.05) is 6.92 Å². The summed E-state index contributed by atoms with van der Waals surface area (Å²) in [5.41, 5.74) is 0. The molecule has 2 unspecified atom stereocenters. The summed E-state index contributed by atoms with van der Waals surface area (Å²) in [6.07, 6.45) is 2.18. The molecule has 1 N–H and O–H groups in total. The normalized spacial score (nSPS) is 24.2. The maximum atomic E-state index is 12.6. The summed E-state index contributed by atoms with van der Waals surface area (Å²) < 4.78 is 5.08. The van der Waals surface area contributed by atoms with Crippen molar-refractivity contribution in [2.24, 2.45) is 5.92 Å². The van der Waals surface area contributed by atoms with Crippen LogP contribution in [-0.4, -0.2) is 74.1 Å². The van der Waals surface area contributed by atoms with Crippen LogP contribution in [0.4, 0.5) is 0 Å². The number of rotatable bonds is 5. The molecule has 6 heteroatoms. The first-order valence-corrected chi connectivity index (χ1v) is 7.91. The lowest BCUT2D eigenvalue weighted by molar-refractivity contribution is -0.144. The predicted octanol–water partition coefficient (Wildman–Crippen LogP) is 0.0818. The van der Waals surface area contributed by atoms with Crippen LogP contribution in [0.2, 0.25) is 0 Å². The Morgan fingerprint density at radius 1 is 1.29 bits per heavy atom. The number of nitrogens with zero attached hydrogens (tertiary/aromatic N) is 2. The van der Waals surface area contributed by atoms with Crippen molar-refractivity contribution < 1.29 is 14.3 Å². The molecule has 2 atom stereocenters. The van der Waals surface area contributed by atoms with Crippen LogP contribution in [0.3, 0.4) is 0 Å². The molecule has 0 radical (unpaired) electrons. The minimum atomic E-state index is -0.245. The number of ether oxygens (including phenoxy) is 1. The van der Waals surface area contributed by atoms with Crippen LogP contribution >= 0.6 is 0 Å². The summed E-state index contributed by atoms with van der Waals surface area (Å²) >= 11 is 0. The molecule has 120 valence electrons. The first-order valence-electron chi connectivity index (χ1n) is 7.91. The molecule has 0 aromatic carbocycles. The van der Waals surface area contributed by atoms with Gasteiger partial charge in [-0.3, -0.25) is 9.59 Å². The second-order valence-corrected chi connectivity index (χ2v) is 6.09. The van der Waals surface area contributed by atoms with Gasteiger partial charge in [0, 0.05) is 52.9 Å². The molecule has 2 aliphatic heterocycles. The Morgan fingerprint density at radius 2 is 2.00 bits per heavy atom. The van der Waals surface area contributed by atoms with E-state index in [1.54, 1.807) is 12.0 Å². The van der Waals surface area contributed by atoms with Crippen molar-refractivity contribution in [2.75, 3.05) is 46.4 Å². The van der Waals surface area contributed by atoms with Crippen LogP contribution in [0, 0.1) is 5.92 Å². The van der Waals surface area contributed by atoms with Gasteiger partial charge in [0.05, 0.1) is 0 Å². The number of likely N-dealkylation sites (tertiary alicyclic amines) is 1. The summed E-state index contributed by atoms with van der Waals surface area (Å²) in [6, 6.07) is -0.245. The molecule has 0 aromatic heterocycles. The Balaban J connectivity index is 1.92. The molecule has 0 saturated carbocycles. The summed E-state index contributed by atoms with van der Waals surface area (Å²) in [5.74, 6) is 0.408. The number of carbonyl (C=O) groups is 2. The number of amides is 2. The number of hydrogen-bond donors (Lipinski definition) is 1. The van der Waals surface area contributed by atoms with Gasteiger partial charge in [-0.2, -0.15) is 0 Å². The second-order valence-electron chi connectivity index (χ2n) is 6.09. The van der Waals surface area contributed by atoms with E-state index >= 15 is 0 Å². The zero-order valence-electron chi connectivity index (χ0n) is 13.1. The molecular formula is C15H27N3O3. The van der Waals surface area contributed by atoms with E-state index in [0.29, 0.717) is 19.6 Å². The highest BCUT2D eigenvalue weighted by atomic mass is 16.5. The largest absolute Gasteiger partial charge is 0.384 e. The molecule has 0 aromatic rings. The van der Waals surface area contributed by atoms with Gasteiger partial charge < -0.3 is 19.9 Å². The van der Waals surface area contributed by atoms with E-state index in [1.165, 1.54) is 0 Å². The Hall–Kier alpha value is -1.14. The molecule has 2 saturated heterocycles. The van der Waals surface area contributed by atoms with Crippen molar-refractivity contribution in [2.45, 2.75) is 32.2 Å². The summed E-state index contributed by atoms with van der Waals surface area (Å²) in [7, 11) is 1.65. The van der Waals surface area contributed by atoms with E-state index in [1.807, 2.05) is 11.8 Å². The Bertz CT molecular complexity index is 369. The molecule has 2 fully saturated rings. The minimum Gasteiger partial charge on any atom is -0.384 e. The predicted molar refractivity (Wildman–Crippen MR) is 79.8 cm³/mol. The number of methoxy groups -OCH3 is 1. The average Bonchev–Trinajstić information content (AvgIpc) is 2.97. The third kappa shape index (κ3) is 4.17. The molecule has 0 aliphatic carbocycles. The Kier molecular flexibility index (Phi) is 5.99. The highest BCUT2D eigenvalue weighted by molar-refractivity contribution is 5.88. The maximum Gasteiger partial charge on any atom is 0.245 e. The van der Waals surface area contributed by atoms with Gasteiger partial charge in [0.15, 0.2) is 0 Å². The van der Waals surface area contributed by atoms with Crippen LogP contribution in [0.1, 0.15) is 26.2 Å². The number of carbonyl (C=O) groups excluding carboxylic acids is 2. The minimum absolute atomic E-state index is 0.0885. The van der Waals surface area contributed by atoms with Crippen molar-refractivity contribution in [1.29, 1.82) is 0 Å². The third-order valence-corrected chi connectivity index (χ3v) is 4.26. The van der Waals surface area contributed by atoms with Gasteiger partial charge in [0.2, 0.25) is 11.8 Å². The molecule has 0 bridgehead atoms. The van der Waals surface area contributed by atoms with Crippen LogP contribution < -0.4 is 5.32 Å². The van der Waals surface area contributed by atoms with Gasteiger partial charge >= 0.3 is 0 Å². The molecule has 2 aliphatic rings. The highest BCUT2D eigenvalue weighted by Crippen LogP contribution is 2.22. The standard InChI is InChI=1S/C15H27N3O3/c1-12(11-21-2)10-14(19)18-7-3-4-13(18)15(20)17-8-5-16-6-9-17/h12-13,16H,3-11H2,1-2H3. The van der Waals surface area contributed by atoms with Crippen LogP contribution in [0.5, 0.6) is 0 Å². The highest BCUT2D eigenvalue weighted by Gasteiger charge is 2.36. The molecule has 0 spiro atoms. The second kappa shape index (κ2) is 7.75. The van der Waals surface area contributed by atoms with Gasteiger partial charge in [0.1, 0.15) is 6.04 Å². The lowest BCUT2D eigenvalue weighted by atomic mass is 10.1. The van der Waals surface area contributed by atoms with E-state index < -0.39 is 0 Å². The fourth-order valence-electron chi connectivity index (χ4n) is 3.18. The maximum absolute atomic E-state index is 12.6. The van der Waals surface area contributed by atoms with Gasteiger partial charge in [0.25, 0.3) is 0 Å². The number of piperazine rings is 1. The van der Waals surface area contributed by atoms with Crippen molar-refractivity contribution in [1.82, 2.24) is 15.1 Å². The SMILES string of the molecule is COCC(C)CC(=O)N1CCCC1C(=O)N1CCNCC1. The zero-order chi connectivity index (χ0) is 15.2. The summed E-state index contributed by atoms with van der Waals surface area (Å²) in [4.78, 5) is 28.7. The lowest BCUT2D eigenvalue weighted by Gasteiger charge is -2.33. The number of hydrogen-bond acceptors (Lipinski definition) is 4. The van der Waals surface area contributed by atoms with Gasteiger partial charge in [-0.05, 0) is 18.8 Å². The first kappa shape index (κ1) is 16.2. The third-order valence-electron chi connectivity index (χ3n) is 4.26. The van der Waals surface area contributed by atoms with E-state index in [9.17, 15) is 9.59 Å². The van der Waals surface area contributed by atoms with E-state index in [4.69, 9.17) is 4.74 Å². The number of nitrogens with one attached hydrogen (secondary N) is 1. The monoisotopic (exact) mass is 297 g/mol. The van der Waals surface area contributed by atoms with E-state index in [-0.39, 0.29) is 23.8 Å². The fourth-order valence-corrected chi connectivity index (χ4v) is 3.18. The van der Waals surface area contributed by atoms with Crippen molar-refractivity contribution in [3.8, 4) is 0 Å². The summed E-state index contributed by atoms with van der Waals surface area (Å²) in [5, 5.41) is 3.25. The topological polar surface area (TPSA) is 61.9 Å².